The minimum Gasteiger partial charge on any atom is -0.249 e. The first-order valence-electron chi connectivity index (χ1n) is 6.69. The van der Waals surface area contributed by atoms with E-state index >= 15 is 0 Å². The number of para-hydroxylation sites is 2. The molecule has 0 heterocycles. The van der Waals surface area contributed by atoms with Crippen LogP contribution in [0, 0.1) is 0 Å². The first-order chi connectivity index (χ1) is 8.92. The monoisotopic (exact) mass is 256 g/mol. The van der Waals surface area contributed by atoms with Crippen molar-refractivity contribution < 1.29 is 0 Å². The van der Waals surface area contributed by atoms with Crippen molar-refractivity contribution in [1.29, 1.82) is 0 Å². The molecule has 2 heteroatoms. The number of hydrogen-bond acceptors (Lipinski definition) is 0. The third-order valence-electron chi connectivity index (χ3n) is 3.62. The van der Waals surface area contributed by atoms with E-state index in [2.05, 4.69) is 88.9 Å². The van der Waals surface area contributed by atoms with Gasteiger partial charge in [-0.1, -0.05) is 36.4 Å². The number of rotatable bonds is 4. The van der Waals surface area contributed by atoms with Crippen LogP contribution in [0.2, 0.25) is 0 Å². The molecule has 0 aliphatic heterocycles. The Kier molecular flexibility index (Phi) is 3.74. The molecule has 0 aliphatic rings. The highest BCUT2D eigenvalue weighted by Gasteiger charge is 2.30. The summed E-state index contributed by atoms with van der Waals surface area (Å²) in [6.45, 7) is 1.01. The summed E-state index contributed by atoms with van der Waals surface area (Å²) in [5.74, 6) is 0. The second-order valence-corrected chi connectivity index (χ2v) is 6.18. The highest BCUT2D eigenvalue weighted by atomic mass is 15.5. The minimum atomic E-state index is 0.864. The summed E-state index contributed by atoms with van der Waals surface area (Å²) < 4.78 is 1.73. The lowest BCUT2D eigenvalue weighted by Crippen LogP contribution is -2.57. The zero-order valence-corrected chi connectivity index (χ0v) is 12.4. The van der Waals surface area contributed by atoms with Crippen molar-refractivity contribution in [3.63, 3.8) is 0 Å². The molecule has 0 spiro atoms. The Labute approximate surface area is 116 Å². The Morgan fingerprint density at radius 2 is 0.895 bits per heavy atom. The van der Waals surface area contributed by atoms with Gasteiger partial charge in [-0.05, 0) is 24.3 Å². The van der Waals surface area contributed by atoms with Crippen LogP contribution in [0.25, 0.3) is 0 Å². The van der Waals surface area contributed by atoms with E-state index in [-0.39, 0.29) is 0 Å². The topological polar surface area (TPSA) is 0 Å². The van der Waals surface area contributed by atoms with Crippen molar-refractivity contribution in [2.75, 3.05) is 34.9 Å². The molecule has 0 aromatic heterocycles. The molecule has 0 N–H and O–H groups in total. The molecule has 0 radical (unpaired) electrons. The lowest BCUT2D eigenvalue weighted by atomic mass is 10.2. The van der Waals surface area contributed by atoms with Crippen LogP contribution in [0.5, 0.6) is 0 Å². The number of nitrogens with zero attached hydrogens (tertiary/aromatic N) is 2. The smallest absolute Gasteiger partial charge is 0.216 e. The van der Waals surface area contributed by atoms with Gasteiger partial charge in [-0.25, -0.2) is 8.97 Å². The lowest BCUT2D eigenvalue weighted by Gasteiger charge is -2.38. The van der Waals surface area contributed by atoms with Gasteiger partial charge in [0.05, 0.1) is 28.2 Å². The number of quaternary nitrogens is 2. The highest BCUT2D eigenvalue weighted by molar-refractivity contribution is 5.45. The molecule has 0 saturated carbocycles. The van der Waals surface area contributed by atoms with Crippen molar-refractivity contribution in [2.45, 2.75) is 0 Å². The van der Waals surface area contributed by atoms with E-state index in [1.807, 2.05) is 0 Å². The van der Waals surface area contributed by atoms with Crippen molar-refractivity contribution >= 4 is 11.4 Å². The maximum atomic E-state index is 2.26. The fourth-order valence-electron chi connectivity index (χ4n) is 2.71. The summed E-state index contributed by atoms with van der Waals surface area (Å²) in [6, 6.07) is 21.4. The van der Waals surface area contributed by atoms with Gasteiger partial charge in [0.25, 0.3) is 0 Å². The molecule has 100 valence electrons. The van der Waals surface area contributed by atoms with Gasteiger partial charge in [-0.2, -0.15) is 0 Å². The standard InChI is InChI=1S/C17H24N2/c1-18(2,16-11-7-5-8-12-16)15-19(3,4)17-13-9-6-10-14-17/h5-14H,15H2,1-4H3/q+2. The van der Waals surface area contributed by atoms with Gasteiger partial charge in [-0.15, -0.1) is 0 Å². The maximum absolute atomic E-state index is 2.26. The first-order valence-corrected chi connectivity index (χ1v) is 6.69. The van der Waals surface area contributed by atoms with Crippen molar-refractivity contribution in [3.8, 4) is 0 Å². The van der Waals surface area contributed by atoms with E-state index in [1.165, 1.54) is 11.4 Å². The van der Waals surface area contributed by atoms with Gasteiger partial charge in [0.15, 0.2) is 0 Å². The molecule has 2 aromatic carbocycles. The molecule has 2 rings (SSSR count). The first kappa shape index (κ1) is 13.8. The molecular formula is C17H24N2+2. The van der Waals surface area contributed by atoms with E-state index in [0.29, 0.717) is 0 Å². The van der Waals surface area contributed by atoms with Gasteiger partial charge in [-0.3, -0.25) is 0 Å². The highest BCUT2D eigenvalue weighted by Crippen LogP contribution is 2.24. The summed E-state index contributed by atoms with van der Waals surface area (Å²) in [5.41, 5.74) is 2.68. The molecular weight excluding hydrogens is 232 g/mol. The molecule has 0 atom stereocenters. The summed E-state index contributed by atoms with van der Waals surface area (Å²) in [7, 11) is 9.05. The van der Waals surface area contributed by atoms with Crippen molar-refractivity contribution in [3.05, 3.63) is 60.7 Å². The van der Waals surface area contributed by atoms with E-state index in [9.17, 15) is 0 Å². The molecule has 2 nitrogen and oxygen atoms in total. The Balaban J connectivity index is 2.25. The van der Waals surface area contributed by atoms with Gasteiger partial charge >= 0.3 is 0 Å². The quantitative estimate of drug-likeness (QED) is 0.580. The van der Waals surface area contributed by atoms with Gasteiger partial charge in [0.2, 0.25) is 6.67 Å². The Morgan fingerprint density at radius 3 is 1.21 bits per heavy atom. The van der Waals surface area contributed by atoms with Gasteiger partial charge in [0, 0.05) is 0 Å². The molecule has 0 bridgehead atoms. The Bertz CT molecular complexity index is 466. The fraction of sp³-hybridized carbons (Fsp3) is 0.294. The van der Waals surface area contributed by atoms with Crippen LogP contribution < -0.4 is 8.97 Å². The van der Waals surface area contributed by atoms with Crippen LogP contribution in [-0.2, 0) is 0 Å². The van der Waals surface area contributed by atoms with Crippen molar-refractivity contribution in [1.82, 2.24) is 8.97 Å². The predicted octanol–water partition coefficient (Wildman–Crippen LogP) is 3.48. The summed E-state index contributed by atoms with van der Waals surface area (Å²) in [5, 5.41) is 0. The van der Waals surface area contributed by atoms with Crippen LogP contribution in [-0.4, -0.2) is 34.9 Å². The molecule has 2 aromatic rings. The molecule has 0 amide bonds. The maximum Gasteiger partial charge on any atom is 0.216 e. The van der Waals surface area contributed by atoms with Crippen molar-refractivity contribution in [2.24, 2.45) is 0 Å². The molecule has 0 fully saturated rings. The molecule has 0 saturated heterocycles. The number of benzene rings is 2. The fourth-order valence-corrected chi connectivity index (χ4v) is 2.71. The molecule has 0 aliphatic carbocycles. The second-order valence-electron chi connectivity index (χ2n) is 6.18. The van der Waals surface area contributed by atoms with Crippen LogP contribution in [0.4, 0.5) is 11.4 Å². The number of hydrogen-bond donors (Lipinski definition) is 0. The average Bonchev–Trinajstić information content (AvgIpc) is 2.40. The minimum absolute atomic E-state index is 0.864. The van der Waals surface area contributed by atoms with Crippen LogP contribution >= 0.6 is 0 Å². The molecule has 19 heavy (non-hydrogen) atoms. The Morgan fingerprint density at radius 1 is 0.579 bits per heavy atom. The summed E-state index contributed by atoms with van der Waals surface area (Å²) in [6.07, 6.45) is 0. The van der Waals surface area contributed by atoms with E-state index < -0.39 is 0 Å². The van der Waals surface area contributed by atoms with Crippen LogP contribution in [0.15, 0.2) is 60.7 Å². The molecule has 0 unspecified atom stereocenters. The van der Waals surface area contributed by atoms with Crippen LogP contribution in [0.1, 0.15) is 0 Å². The average molecular weight is 256 g/mol. The zero-order valence-electron chi connectivity index (χ0n) is 12.4. The van der Waals surface area contributed by atoms with Crippen LogP contribution in [0.3, 0.4) is 0 Å². The summed E-state index contributed by atoms with van der Waals surface area (Å²) >= 11 is 0. The van der Waals surface area contributed by atoms with E-state index in [1.54, 1.807) is 0 Å². The largest absolute Gasteiger partial charge is 0.249 e. The zero-order chi connectivity index (χ0) is 13.9. The third-order valence-corrected chi connectivity index (χ3v) is 3.62. The third kappa shape index (κ3) is 3.22. The second kappa shape index (κ2) is 5.16. The SMILES string of the molecule is C[N+](C)(C[N+](C)(C)c1ccccc1)c1ccccc1. The predicted molar refractivity (Wildman–Crippen MR) is 85.0 cm³/mol. The van der Waals surface area contributed by atoms with E-state index in [0.717, 1.165) is 15.6 Å². The van der Waals surface area contributed by atoms with Gasteiger partial charge < -0.3 is 0 Å². The Hall–Kier alpha value is -1.64. The van der Waals surface area contributed by atoms with Gasteiger partial charge in [0.1, 0.15) is 11.4 Å². The summed E-state index contributed by atoms with van der Waals surface area (Å²) in [4.78, 5) is 0. The lowest BCUT2D eigenvalue weighted by molar-refractivity contribution is 0.244. The van der Waals surface area contributed by atoms with E-state index in [4.69, 9.17) is 0 Å². The normalized spacial score (nSPS) is 12.4.